The predicted molar refractivity (Wildman–Crippen MR) is 110 cm³/mol. The lowest BCUT2D eigenvalue weighted by molar-refractivity contribution is 0.0941. The first-order chi connectivity index (χ1) is 14.0. The fourth-order valence-electron chi connectivity index (χ4n) is 2.86. The number of imidazole rings is 1. The maximum absolute atomic E-state index is 12.8. The van der Waals surface area contributed by atoms with Gasteiger partial charge in [0, 0.05) is 18.4 Å². The van der Waals surface area contributed by atoms with Crippen LogP contribution < -0.4 is 10.6 Å². The first-order valence-electron chi connectivity index (χ1n) is 9.21. The minimum atomic E-state index is -0.426. The van der Waals surface area contributed by atoms with Gasteiger partial charge in [0.1, 0.15) is 0 Å². The lowest BCUT2D eigenvalue weighted by Crippen LogP contribution is -2.28. The zero-order valence-electron chi connectivity index (χ0n) is 16.3. The van der Waals surface area contributed by atoms with Crippen LogP contribution in [0.4, 0.5) is 5.69 Å². The van der Waals surface area contributed by atoms with Crippen LogP contribution in [0.2, 0.25) is 0 Å². The van der Waals surface area contributed by atoms with E-state index in [1.165, 1.54) is 0 Å². The summed E-state index contributed by atoms with van der Waals surface area (Å²) in [6, 6.07) is 13.9. The van der Waals surface area contributed by atoms with E-state index in [-0.39, 0.29) is 17.4 Å². The van der Waals surface area contributed by atoms with E-state index in [2.05, 4.69) is 15.6 Å². The maximum Gasteiger partial charge on any atom is 0.287 e. The molecular formula is C21H22N6O2. The van der Waals surface area contributed by atoms with E-state index in [4.69, 9.17) is 5.26 Å². The predicted octanol–water partition coefficient (Wildman–Crippen LogP) is 2.14. The summed E-state index contributed by atoms with van der Waals surface area (Å²) in [5.74, 6) is -0.595. The monoisotopic (exact) mass is 390 g/mol. The fraction of sp³-hybridized carbons (Fsp3) is 0.238. The molecule has 8 heteroatoms. The van der Waals surface area contributed by atoms with Crippen molar-refractivity contribution in [3.8, 4) is 6.07 Å². The van der Waals surface area contributed by atoms with Gasteiger partial charge in [-0.2, -0.15) is 5.26 Å². The number of nitrogens with one attached hydrogen (secondary N) is 2. The fourth-order valence-corrected chi connectivity index (χ4v) is 2.86. The van der Waals surface area contributed by atoms with E-state index in [9.17, 15) is 9.59 Å². The van der Waals surface area contributed by atoms with Gasteiger partial charge in [-0.05, 0) is 63.5 Å². The number of rotatable bonds is 7. The average molecular weight is 390 g/mol. The largest absolute Gasteiger partial charge is 0.349 e. The Hall–Kier alpha value is -3.70. The van der Waals surface area contributed by atoms with Crippen molar-refractivity contribution in [3.63, 3.8) is 0 Å². The third kappa shape index (κ3) is 4.78. The molecule has 0 bridgehead atoms. The minimum Gasteiger partial charge on any atom is -0.349 e. The van der Waals surface area contributed by atoms with Gasteiger partial charge in [-0.3, -0.25) is 14.0 Å². The molecule has 2 N–H and O–H groups in total. The molecule has 2 amide bonds. The van der Waals surface area contributed by atoms with Crippen molar-refractivity contribution in [2.24, 2.45) is 0 Å². The number of benzene rings is 1. The van der Waals surface area contributed by atoms with Gasteiger partial charge < -0.3 is 15.5 Å². The van der Waals surface area contributed by atoms with Crippen molar-refractivity contribution >= 4 is 23.0 Å². The second kappa shape index (κ2) is 8.99. The number of carbonyl (C=O) groups excluding carboxylic acids is 2. The Kier molecular flexibility index (Phi) is 6.22. The van der Waals surface area contributed by atoms with Gasteiger partial charge in [0.25, 0.3) is 11.8 Å². The topological polar surface area (TPSA) is 103 Å². The molecular weight excluding hydrogens is 368 g/mol. The Labute approximate surface area is 168 Å². The van der Waals surface area contributed by atoms with Gasteiger partial charge in [-0.15, -0.1) is 0 Å². The number of hydrogen-bond acceptors (Lipinski definition) is 5. The second-order valence-electron chi connectivity index (χ2n) is 6.80. The van der Waals surface area contributed by atoms with Crippen LogP contribution in [0.1, 0.15) is 33.1 Å². The summed E-state index contributed by atoms with van der Waals surface area (Å²) in [6.07, 6.45) is 2.52. The molecule has 0 aliphatic heterocycles. The van der Waals surface area contributed by atoms with Gasteiger partial charge in [0.05, 0.1) is 17.1 Å². The van der Waals surface area contributed by atoms with Gasteiger partial charge in [-0.25, -0.2) is 4.98 Å². The summed E-state index contributed by atoms with van der Waals surface area (Å²) in [6.45, 7) is 1.38. The molecule has 2 aromatic heterocycles. The molecule has 8 nitrogen and oxygen atoms in total. The highest BCUT2D eigenvalue weighted by Crippen LogP contribution is 2.16. The molecule has 0 radical (unpaired) electrons. The van der Waals surface area contributed by atoms with Crippen molar-refractivity contribution in [1.82, 2.24) is 19.6 Å². The third-order valence-corrected chi connectivity index (χ3v) is 4.31. The molecule has 1 aromatic carbocycles. The molecule has 0 aliphatic carbocycles. The lowest BCUT2D eigenvalue weighted by Gasteiger charge is -2.09. The third-order valence-electron chi connectivity index (χ3n) is 4.31. The van der Waals surface area contributed by atoms with E-state index >= 15 is 0 Å². The molecule has 3 rings (SSSR count). The Morgan fingerprint density at radius 1 is 1.14 bits per heavy atom. The highest BCUT2D eigenvalue weighted by molar-refractivity contribution is 6.08. The van der Waals surface area contributed by atoms with Crippen LogP contribution in [0.15, 0.2) is 48.7 Å². The van der Waals surface area contributed by atoms with Gasteiger partial charge in [0.15, 0.2) is 5.69 Å². The number of anilines is 1. The van der Waals surface area contributed by atoms with E-state index in [1.807, 2.05) is 25.1 Å². The smallest absolute Gasteiger partial charge is 0.287 e. The number of hydrogen-bond donors (Lipinski definition) is 2. The number of pyridine rings is 1. The zero-order chi connectivity index (χ0) is 20.8. The maximum atomic E-state index is 12.8. The van der Waals surface area contributed by atoms with E-state index in [0.29, 0.717) is 23.3 Å². The molecule has 0 spiro atoms. The zero-order valence-corrected chi connectivity index (χ0v) is 16.3. The summed E-state index contributed by atoms with van der Waals surface area (Å²) in [5.41, 5.74) is 1.75. The first kappa shape index (κ1) is 20.0. The van der Waals surface area contributed by atoms with Gasteiger partial charge in [-0.1, -0.05) is 6.07 Å². The average Bonchev–Trinajstić information content (AvgIpc) is 3.11. The van der Waals surface area contributed by atoms with Crippen LogP contribution in [0.25, 0.3) is 5.52 Å². The normalized spacial score (nSPS) is 10.7. The van der Waals surface area contributed by atoms with Crippen LogP contribution in [-0.2, 0) is 0 Å². The van der Waals surface area contributed by atoms with Crippen LogP contribution in [0.3, 0.4) is 0 Å². The summed E-state index contributed by atoms with van der Waals surface area (Å²) >= 11 is 0. The molecule has 0 saturated carbocycles. The molecule has 0 aliphatic rings. The second-order valence-corrected chi connectivity index (χ2v) is 6.80. The molecule has 0 fully saturated rings. The highest BCUT2D eigenvalue weighted by atomic mass is 16.2. The summed E-state index contributed by atoms with van der Waals surface area (Å²) in [4.78, 5) is 31.7. The number of nitriles is 1. The Bertz CT molecular complexity index is 1060. The highest BCUT2D eigenvalue weighted by Gasteiger charge is 2.21. The van der Waals surface area contributed by atoms with Crippen molar-refractivity contribution in [2.75, 3.05) is 32.5 Å². The van der Waals surface area contributed by atoms with Crippen molar-refractivity contribution < 1.29 is 9.59 Å². The first-order valence-corrected chi connectivity index (χ1v) is 9.21. The Morgan fingerprint density at radius 2 is 1.90 bits per heavy atom. The molecule has 2 heterocycles. The van der Waals surface area contributed by atoms with Crippen molar-refractivity contribution in [1.29, 1.82) is 5.26 Å². The number of aromatic nitrogens is 2. The van der Waals surface area contributed by atoms with Crippen molar-refractivity contribution in [3.05, 3.63) is 65.7 Å². The van der Waals surface area contributed by atoms with E-state index < -0.39 is 5.91 Å². The van der Waals surface area contributed by atoms with Crippen molar-refractivity contribution in [2.45, 2.75) is 6.42 Å². The Balaban J connectivity index is 1.80. The molecule has 29 heavy (non-hydrogen) atoms. The van der Waals surface area contributed by atoms with Crippen LogP contribution in [-0.4, -0.2) is 53.3 Å². The molecule has 0 unspecified atom stereocenters. The quantitative estimate of drug-likeness (QED) is 0.602. The number of nitrogens with zero attached hydrogens (tertiary/aromatic N) is 4. The molecule has 0 saturated heterocycles. The SMILES string of the molecule is CN(C)CCCNC(=O)c1nc(C(=O)Nc2ccc(C#N)cc2)c2ccccn12. The molecule has 0 atom stereocenters. The van der Waals surface area contributed by atoms with Crippen LogP contribution in [0, 0.1) is 11.3 Å². The van der Waals surface area contributed by atoms with Crippen LogP contribution >= 0.6 is 0 Å². The van der Waals surface area contributed by atoms with Gasteiger partial charge in [0.2, 0.25) is 5.82 Å². The number of fused-ring (bicyclic) bond motifs is 1. The number of amides is 2. The van der Waals surface area contributed by atoms with Crippen LogP contribution in [0.5, 0.6) is 0 Å². The minimum absolute atomic E-state index is 0.161. The van der Waals surface area contributed by atoms with E-state index in [1.54, 1.807) is 53.1 Å². The Morgan fingerprint density at radius 3 is 2.59 bits per heavy atom. The summed E-state index contributed by atoms with van der Waals surface area (Å²) in [5, 5.41) is 14.5. The lowest BCUT2D eigenvalue weighted by atomic mass is 10.2. The molecule has 3 aromatic rings. The number of carbonyl (C=O) groups is 2. The summed E-state index contributed by atoms with van der Waals surface area (Å²) < 4.78 is 1.61. The van der Waals surface area contributed by atoms with Gasteiger partial charge >= 0.3 is 0 Å². The molecule has 148 valence electrons. The standard InChI is InChI=1S/C21H22N6O2/c1-26(2)12-5-11-23-21(29)19-25-18(17-6-3-4-13-27(17)19)20(28)24-16-9-7-15(14-22)8-10-16/h3-4,6-10,13H,5,11-12H2,1-2H3,(H,23,29)(H,24,28). The van der Waals surface area contributed by atoms with E-state index in [0.717, 1.165) is 13.0 Å². The summed E-state index contributed by atoms with van der Waals surface area (Å²) in [7, 11) is 3.95.